The van der Waals surface area contributed by atoms with Gasteiger partial charge in [-0.25, -0.2) is 0 Å². The summed E-state index contributed by atoms with van der Waals surface area (Å²) in [6.07, 6.45) is 2.40. The lowest BCUT2D eigenvalue weighted by atomic mass is 9.79. The highest BCUT2D eigenvalue weighted by Crippen LogP contribution is 2.36. The molecule has 1 fully saturated rings. The first-order valence-corrected chi connectivity index (χ1v) is 7.87. The molecule has 1 aliphatic heterocycles. The topological polar surface area (TPSA) is 27.7 Å². The fourth-order valence-electron chi connectivity index (χ4n) is 2.41. The molecule has 1 atom stereocenters. The molecule has 1 heterocycles. The molecule has 0 radical (unpaired) electrons. The van der Waals surface area contributed by atoms with Gasteiger partial charge in [-0.3, -0.25) is 0 Å². The second-order valence-electron chi connectivity index (χ2n) is 6.88. The fourth-order valence-corrected chi connectivity index (χ4v) is 2.41. The zero-order valence-corrected chi connectivity index (χ0v) is 14.1. The lowest BCUT2D eigenvalue weighted by molar-refractivity contribution is 0.00578. The highest BCUT2D eigenvalue weighted by atomic mass is 16.7. The lowest BCUT2D eigenvalue weighted by Gasteiger charge is -2.32. The Morgan fingerprint density at radius 3 is 2.33 bits per heavy atom. The number of hydrogen-bond donors (Lipinski definition) is 0. The normalized spacial score (nSPS) is 21.3. The number of rotatable bonds is 5. The third-order valence-electron chi connectivity index (χ3n) is 4.42. The van der Waals surface area contributed by atoms with E-state index in [-0.39, 0.29) is 24.4 Å². The van der Waals surface area contributed by atoms with E-state index in [1.54, 1.807) is 0 Å². The van der Waals surface area contributed by atoms with Gasteiger partial charge < -0.3 is 14.0 Å². The first-order valence-electron chi connectivity index (χ1n) is 7.87. The Balaban J connectivity index is 2.12. The minimum Gasteiger partial charge on any atom is -0.491 e. The predicted molar refractivity (Wildman–Crippen MR) is 87.2 cm³/mol. The lowest BCUT2D eigenvalue weighted by Crippen LogP contribution is -2.41. The molecule has 0 aromatic heterocycles. The van der Waals surface area contributed by atoms with Gasteiger partial charge in [0.2, 0.25) is 0 Å². The maximum Gasteiger partial charge on any atom is 0.494 e. The molecule has 0 saturated carbocycles. The van der Waals surface area contributed by atoms with E-state index < -0.39 is 0 Å². The molecule has 0 N–H and O–H groups in total. The van der Waals surface area contributed by atoms with Crippen LogP contribution in [-0.2, 0) is 9.31 Å². The van der Waals surface area contributed by atoms with Crippen LogP contribution in [0, 0.1) is 0 Å². The second kappa shape index (κ2) is 6.01. The van der Waals surface area contributed by atoms with Gasteiger partial charge in [-0.05, 0) is 58.6 Å². The van der Waals surface area contributed by atoms with Crippen molar-refractivity contribution in [1.82, 2.24) is 0 Å². The van der Waals surface area contributed by atoms with Gasteiger partial charge in [-0.15, -0.1) is 0 Å². The predicted octanol–water partition coefficient (Wildman–Crippen LogP) is 3.55. The molecule has 1 aromatic rings. The summed E-state index contributed by atoms with van der Waals surface area (Å²) in [7, 11) is -0.333. The third kappa shape index (κ3) is 3.61. The van der Waals surface area contributed by atoms with Gasteiger partial charge in [0.25, 0.3) is 0 Å². The Morgan fingerprint density at radius 2 is 1.76 bits per heavy atom. The van der Waals surface area contributed by atoms with Crippen LogP contribution in [0.1, 0.15) is 54.4 Å². The van der Waals surface area contributed by atoms with Crippen LogP contribution in [0.5, 0.6) is 5.75 Å². The van der Waals surface area contributed by atoms with Gasteiger partial charge in [0.15, 0.2) is 0 Å². The summed E-state index contributed by atoms with van der Waals surface area (Å²) >= 11 is 0. The molecule has 1 aliphatic rings. The molecule has 1 unspecified atom stereocenters. The van der Waals surface area contributed by atoms with Crippen LogP contribution in [0.4, 0.5) is 0 Å². The Hall–Kier alpha value is -0.995. The fraction of sp³-hybridized carbons (Fsp3) is 0.647. The summed E-state index contributed by atoms with van der Waals surface area (Å²) in [6.45, 7) is 12.5. The van der Waals surface area contributed by atoms with E-state index in [1.807, 2.05) is 24.3 Å². The molecule has 4 heteroatoms. The molecule has 0 spiro atoms. The first kappa shape index (κ1) is 16.4. The SMILES string of the molecule is CCCC(C)Oc1cccc(B2OC(C)(C)C(C)(C)O2)c1. The zero-order chi connectivity index (χ0) is 15.7. The summed E-state index contributed by atoms with van der Waals surface area (Å²) in [6, 6.07) is 8.03. The van der Waals surface area contributed by atoms with Crippen LogP contribution < -0.4 is 10.2 Å². The molecule has 0 aliphatic carbocycles. The van der Waals surface area contributed by atoms with Crippen molar-refractivity contribution in [1.29, 1.82) is 0 Å². The Morgan fingerprint density at radius 1 is 1.14 bits per heavy atom. The molecule has 0 bridgehead atoms. The van der Waals surface area contributed by atoms with Crippen LogP contribution >= 0.6 is 0 Å². The van der Waals surface area contributed by atoms with Gasteiger partial charge in [0.05, 0.1) is 17.3 Å². The van der Waals surface area contributed by atoms with Gasteiger partial charge in [0.1, 0.15) is 5.75 Å². The van der Waals surface area contributed by atoms with Crippen LogP contribution in [0.15, 0.2) is 24.3 Å². The standard InChI is InChI=1S/C17H27BO3/c1-7-9-13(2)19-15-11-8-10-14(12-15)18-20-16(3,4)17(5,6)21-18/h8,10-13H,7,9H2,1-6H3. The van der Waals surface area contributed by atoms with Gasteiger partial charge >= 0.3 is 7.12 Å². The molecule has 0 amide bonds. The summed E-state index contributed by atoms with van der Waals surface area (Å²) in [5.41, 5.74) is 0.378. The highest BCUT2D eigenvalue weighted by Gasteiger charge is 2.51. The van der Waals surface area contributed by atoms with E-state index in [4.69, 9.17) is 14.0 Å². The average Bonchev–Trinajstić information content (AvgIpc) is 2.59. The van der Waals surface area contributed by atoms with Crippen molar-refractivity contribution >= 4 is 12.6 Å². The van der Waals surface area contributed by atoms with E-state index in [0.717, 1.165) is 24.1 Å². The van der Waals surface area contributed by atoms with Crippen LogP contribution in [0.2, 0.25) is 0 Å². The van der Waals surface area contributed by atoms with Crippen molar-refractivity contribution in [2.45, 2.75) is 71.7 Å². The highest BCUT2D eigenvalue weighted by molar-refractivity contribution is 6.62. The summed E-state index contributed by atoms with van der Waals surface area (Å²) in [4.78, 5) is 0. The third-order valence-corrected chi connectivity index (χ3v) is 4.42. The van der Waals surface area contributed by atoms with Crippen LogP contribution in [-0.4, -0.2) is 24.4 Å². The summed E-state index contributed by atoms with van der Waals surface area (Å²) in [5, 5.41) is 0. The maximum atomic E-state index is 6.08. The van der Waals surface area contributed by atoms with Crippen molar-refractivity contribution in [3.05, 3.63) is 24.3 Å². The minimum atomic E-state index is -0.333. The van der Waals surface area contributed by atoms with E-state index in [9.17, 15) is 0 Å². The monoisotopic (exact) mass is 290 g/mol. The molecule has 116 valence electrons. The van der Waals surface area contributed by atoms with E-state index in [0.29, 0.717) is 0 Å². The molecule has 21 heavy (non-hydrogen) atoms. The first-order chi connectivity index (χ1) is 9.75. The summed E-state index contributed by atoms with van der Waals surface area (Å²) in [5.74, 6) is 0.878. The second-order valence-corrected chi connectivity index (χ2v) is 6.88. The maximum absolute atomic E-state index is 6.08. The molecular weight excluding hydrogens is 263 g/mol. The molecule has 1 aromatic carbocycles. The number of ether oxygens (including phenoxy) is 1. The molecule has 1 saturated heterocycles. The largest absolute Gasteiger partial charge is 0.494 e. The quantitative estimate of drug-likeness (QED) is 0.776. The molecular formula is C17H27BO3. The van der Waals surface area contributed by atoms with Crippen LogP contribution in [0.3, 0.4) is 0 Å². The van der Waals surface area contributed by atoms with Crippen molar-refractivity contribution in [3.8, 4) is 5.75 Å². The van der Waals surface area contributed by atoms with Gasteiger partial charge in [-0.2, -0.15) is 0 Å². The van der Waals surface area contributed by atoms with Crippen molar-refractivity contribution in [2.24, 2.45) is 0 Å². The van der Waals surface area contributed by atoms with Gasteiger partial charge in [-0.1, -0.05) is 25.5 Å². The zero-order valence-electron chi connectivity index (χ0n) is 14.1. The Bertz CT molecular complexity index is 469. The summed E-state index contributed by atoms with van der Waals surface area (Å²) < 4.78 is 18.1. The minimum absolute atomic E-state index is 0.226. The van der Waals surface area contributed by atoms with Crippen molar-refractivity contribution in [2.75, 3.05) is 0 Å². The van der Waals surface area contributed by atoms with Gasteiger partial charge in [0, 0.05) is 0 Å². The van der Waals surface area contributed by atoms with E-state index in [1.165, 1.54) is 0 Å². The Labute approximate surface area is 129 Å². The van der Waals surface area contributed by atoms with E-state index >= 15 is 0 Å². The van der Waals surface area contributed by atoms with Crippen molar-refractivity contribution < 1.29 is 14.0 Å². The molecule has 3 nitrogen and oxygen atoms in total. The van der Waals surface area contributed by atoms with Crippen LogP contribution in [0.25, 0.3) is 0 Å². The molecule has 2 rings (SSSR count). The smallest absolute Gasteiger partial charge is 0.491 e. The van der Waals surface area contributed by atoms with Crippen molar-refractivity contribution in [3.63, 3.8) is 0 Å². The number of benzene rings is 1. The van der Waals surface area contributed by atoms with E-state index in [2.05, 4.69) is 41.5 Å². The average molecular weight is 290 g/mol. The number of hydrogen-bond acceptors (Lipinski definition) is 3. The Kier molecular flexibility index (Phi) is 4.69.